The minimum Gasteiger partial charge on any atom is -0.465 e. The van der Waals surface area contributed by atoms with E-state index in [1.165, 1.54) is 19.2 Å². The first-order chi connectivity index (χ1) is 13.8. The van der Waals surface area contributed by atoms with E-state index in [1.54, 1.807) is 24.3 Å². The molecule has 2 aromatic heterocycles. The highest BCUT2D eigenvalue weighted by molar-refractivity contribution is 5.94. The molecule has 0 aliphatic heterocycles. The molecule has 0 amide bonds. The molecule has 0 aliphatic rings. The summed E-state index contributed by atoms with van der Waals surface area (Å²) in [5, 5.41) is 7.58. The Kier molecular flexibility index (Phi) is 4.45. The largest absolute Gasteiger partial charge is 0.465 e. The lowest BCUT2D eigenvalue weighted by atomic mass is 9.92. The number of fused-ring (bicyclic) bond motifs is 1. The summed E-state index contributed by atoms with van der Waals surface area (Å²) < 4.78 is 20.2. The zero-order chi connectivity index (χ0) is 20.8. The fraction of sp³-hybridized carbons (Fsp3) is 0.227. The first-order valence-electron chi connectivity index (χ1n) is 9.21. The zero-order valence-electron chi connectivity index (χ0n) is 16.7. The molecular weight excluding hydrogens is 371 g/mol. The summed E-state index contributed by atoms with van der Waals surface area (Å²) >= 11 is 0. The predicted molar refractivity (Wildman–Crippen MR) is 109 cm³/mol. The van der Waals surface area contributed by atoms with Gasteiger partial charge < -0.3 is 4.74 Å². The van der Waals surface area contributed by atoms with Crippen LogP contribution in [0.15, 0.2) is 48.5 Å². The van der Waals surface area contributed by atoms with Gasteiger partial charge in [0.15, 0.2) is 5.82 Å². The number of rotatable bonds is 3. The van der Waals surface area contributed by atoms with E-state index in [9.17, 15) is 9.18 Å². The summed E-state index contributed by atoms with van der Waals surface area (Å²) in [6.45, 7) is 6.29. The van der Waals surface area contributed by atoms with Crippen molar-refractivity contribution in [2.45, 2.75) is 26.2 Å². The van der Waals surface area contributed by atoms with Crippen LogP contribution in [-0.2, 0) is 10.2 Å². The fourth-order valence-electron chi connectivity index (χ4n) is 3.16. The molecule has 2 aromatic carbocycles. The van der Waals surface area contributed by atoms with Gasteiger partial charge in [0.1, 0.15) is 11.6 Å². The molecule has 6 nitrogen and oxygen atoms in total. The minimum absolute atomic E-state index is 0.101. The molecular formula is C22H21FN4O2. The van der Waals surface area contributed by atoms with Crippen LogP contribution in [-0.4, -0.2) is 32.8 Å². The van der Waals surface area contributed by atoms with Crippen molar-refractivity contribution in [3.05, 3.63) is 65.6 Å². The summed E-state index contributed by atoms with van der Waals surface area (Å²) in [4.78, 5) is 16.6. The number of benzene rings is 2. The summed E-state index contributed by atoms with van der Waals surface area (Å²) in [6.07, 6.45) is 0. The van der Waals surface area contributed by atoms with Crippen LogP contribution < -0.4 is 0 Å². The molecule has 0 spiro atoms. The Balaban J connectivity index is 1.96. The van der Waals surface area contributed by atoms with Crippen LogP contribution in [0.1, 0.15) is 36.8 Å². The van der Waals surface area contributed by atoms with E-state index in [4.69, 9.17) is 9.72 Å². The van der Waals surface area contributed by atoms with Gasteiger partial charge in [-0.25, -0.2) is 14.2 Å². The van der Waals surface area contributed by atoms with E-state index < -0.39 is 5.97 Å². The number of ether oxygens (including phenoxy) is 1. The monoisotopic (exact) mass is 392 g/mol. The van der Waals surface area contributed by atoms with E-state index in [2.05, 4.69) is 31.0 Å². The molecule has 4 aromatic rings. The first-order valence-corrected chi connectivity index (χ1v) is 9.21. The van der Waals surface area contributed by atoms with Gasteiger partial charge in [-0.3, -0.25) is 9.67 Å². The third kappa shape index (κ3) is 3.40. The highest BCUT2D eigenvalue weighted by Crippen LogP contribution is 2.30. The maximum absolute atomic E-state index is 13.4. The van der Waals surface area contributed by atoms with E-state index in [0.717, 1.165) is 16.8 Å². The first kappa shape index (κ1) is 18.9. The summed E-state index contributed by atoms with van der Waals surface area (Å²) in [7, 11) is 1.34. The second-order valence-corrected chi connectivity index (χ2v) is 7.86. The molecule has 0 fully saturated rings. The summed E-state index contributed by atoms with van der Waals surface area (Å²) in [5.74, 6) is 0.523. The van der Waals surface area contributed by atoms with Crippen molar-refractivity contribution in [2.75, 3.05) is 7.11 Å². The zero-order valence-corrected chi connectivity index (χ0v) is 16.7. The number of halogens is 1. The van der Waals surface area contributed by atoms with Gasteiger partial charge >= 0.3 is 5.97 Å². The number of nitrogens with one attached hydrogen (secondary N) is 1. The smallest absolute Gasteiger partial charge is 0.337 e. The van der Waals surface area contributed by atoms with Crippen LogP contribution in [0.4, 0.5) is 4.39 Å². The minimum atomic E-state index is -0.431. The number of carbonyl (C=O) groups excluding carboxylic acids is 1. The van der Waals surface area contributed by atoms with Gasteiger partial charge in [0.2, 0.25) is 0 Å². The SMILES string of the molecule is COC(=O)c1ccc2c(c1)nc(-c1ccc(F)cc1)n2-c1cc(C(C)(C)C)[nH]n1. The Bertz CT molecular complexity index is 1200. The number of H-pyrrole nitrogens is 1. The average molecular weight is 392 g/mol. The lowest BCUT2D eigenvalue weighted by molar-refractivity contribution is 0.0601. The number of esters is 1. The number of methoxy groups -OCH3 is 1. The van der Waals surface area contributed by atoms with E-state index in [0.29, 0.717) is 22.7 Å². The molecule has 7 heteroatoms. The van der Waals surface area contributed by atoms with Gasteiger partial charge in [-0.2, -0.15) is 5.10 Å². The topological polar surface area (TPSA) is 72.8 Å². The van der Waals surface area contributed by atoms with Gasteiger partial charge in [0.25, 0.3) is 0 Å². The van der Waals surface area contributed by atoms with Crippen LogP contribution >= 0.6 is 0 Å². The molecule has 0 saturated carbocycles. The molecule has 0 radical (unpaired) electrons. The van der Waals surface area contributed by atoms with Crippen molar-refractivity contribution in [2.24, 2.45) is 0 Å². The predicted octanol–water partition coefficient (Wildman–Crippen LogP) is 4.64. The normalized spacial score (nSPS) is 11.8. The molecule has 148 valence electrons. The Morgan fingerprint density at radius 1 is 1.10 bits per heavy atom. The maximum atomic E-state index is 13.4. The fourth-order valence-corrected chi connectivity index (χ4v) is 3.16. The van der Waals surface area contributed by atoms with Crippen molar-refractivity contribution in [3.63, 3.8) is 0 Å². The van der Waals surface area contributed by atoms with E-state index in [-0.39, 0.29) is 11.2 Å². The lowest BCUT2D eigenvalue weighted by Crippen LogP contribution is -2.11. The number of aromatic nitrogens is 4. The Hall–Kier alpha value is -3.48. The summed E-state index contributed by atoms with van der Waals surface area (Å²) in [5.41, 5.74) is 3.42. The second-order valence-electron chi connectivity index (χ2n) is 7.86. The highest BCUT2D eigenvalue weighted by Gasteiger charge is 2.21. The average Bonchev–Trinajstić information content (AvgIpc) is 3.31. The van der Waals surface area contributed by atoms with Crippen molar-refractivity contribution >= 4 is 17.0 Å². The van der Waals surface area contributed by atoms with E-state index in [1.807, 2.05) is 16.7 Å². The van der Waals surface area contributed by atoms with Gasteiger partial charge in [-0.1, -0.05) is 20.8 Å². The molecule has 0 bridgehead atoms. The Morgan fingerprint density at radius 2 is 1.83 bits per heavy atom. The van der Waals surface area contributed by atoms with Crippen molar-refractivity contribution in [1.82, 2.24) is 19.7 Å². The van der Waals surface area contributed by atoms with Crippen molar-refractivity contribution in [3.8, 4) is 17.2 Å². The third-order valence-electron chi connectivity index (χ3n) is 4.78. The van der Waals surface area contributed by atoms with Crippen LogP contribution in [0.25, 0.3) is 28.2 Å². The van der Waals surface area contributed by atoms with Crippen molar-refractivity contribution in [1.29, 1.82) is 0 Å². The standard InChI is InChI=1S/C22H21FN4O2/c1-22(2,3)18-12-19(26-25-18)27-17-10-7-14(21(28)29-4)11-16(17)24-20(27)13-5-8-15(23)9-6-13/h5-12H,1-4H3,(H,25,26). The molecule has 0 unspecified atom stereocenters. The van der Waals surface area contributed by atoms with Crippen LogP contribution in [0.5, 0.6) is 0 Å². The Morgan fingerprint density at radius 3 is 2.45 bits per heavy atom. The number of aromatic amines is 1. The molecule has 29 heavy (non-hydrogen) atoms. The molecule has 0 saturated heterocycles. The van der Waals surface area contributed by atoms with Gasteiger partial charge in [-0.05, 0) is 42.5 Å². The molecule has 0 atom stereocenters. The quantitative estimate of drug-likeness (QED) is 0.516. The number of nitrogens with zero attached hydrogens (tertiary/aromatic N) is 3. The molecule has 0 aliphatic carbocycles. The van der Waals surface area contributed by atoms with Crippen LogP contribution in [0, 0.1) is 5.82 Å². The number of imidazole rings is 1. The van der Waals surface area contributed by atoms with Crippen molar-refractivity contribution < 1.29 is 13.9 Å². The molecule has 4 rings (SSSR count). The molecule has 1 N–H and O–H groups in total. The number of hydrogen-bond donors (Lipinski definition) is 1. The second kappa shape index (κ2) is 6.84. The molecule has 2 heterocycles. The number of hydrogen-bond acceptors (Lipinski definition) is 4. The van der Waals surface area contributed by atoms with Crippen LogP contribution in [0.2, 0.25) is 0 Å². The van der Waals surface area contributed by atoms with Crippen LogP contribution in [0.3, 0.4) is 0 Å². The highest BCUT2D eigenvalue weighted by atomic mass is 19.1. The lowest BCUT2D eigenvalue weighted by Gasteiger charge is -2.14. The Labute approximate surface area is 167 Å². The van der Waals surface area contributed by atoms with Gasteiger partial charge in [0, 0.05) is 22.7 Å². The van der Waals surface area contributed by atoms with Gasteiger partial charge in [-0.15, -0.1) is 0 Å². The van der Waals surface area contributed by atoms with Gasteiger partial charge in [0.05, 0.1) is 23.7 Å². The summed E-state index contributed by atoms with van der Waals surface area (Å²) in [6, 6.07) is 13.3. The number of carbonyl (C=O) groups is 1. The maximum Gasteiger partial charge on any atom is 0.337 e. The third-order valence-corrected chi connectivity index (χ3v) is 4.78. The van der Waals surface area contributed by atoms with E-state index >= 15 is 0 Å².